The Balaban J connectivity index is 2.32. The van der Waals surface area contributed by atoms with E-state index in [1.807, 2.05) is 0 Å². The lowest BCUT2D eigenvalue weighted by molar-refractivity contribution is -0.135. The number of halogens is 3. The zero-order chi connectivity index (χ0) is 15.6. The van der Waals surface area contributed by atoms with Crippen LogP contribution < -0.4 is 0 Å². The predicted octanol–water partition coefficient (Wildman–Crippen LogP) is 3.43. The van der Waals surface area contributed by atoms with Gasteiger partial charge in [-0.1, -0.05) is 46.9 Å². The van der Waals surface area contributed by atoms with E-state index in [1.165, 1.54) is 12.0 Å². The third kappa shape index (κ3) is 3.40. The highest BCUT2D eigenvalue weighted by Crippen LogP contribution is 2.32. The summed E-state index contributed by atoms with van der Waals surface area (Å²) >= 11 is 17.4. The number of methoxy groups -OCH3 is 1. The Morgan fingerprint density at radius 3 is 2.38 bits per heavy atom. The van der Waals surface area contributed by atoms with Crippen LogP contribution in [0.2, 0.25) is 5.02 Å². The fraction of sp³-hybridized carbons (Fsp3) is 0.143. The molecular formula is C14H10Cl3NO3. The van der Waals surface area contributed by atoms with Gasteiger partial charge in [-0.15, -0.1) is 0 Å². The molecule has 1 aliphatic rings. The molecule has 0 atom stereocenters. The van der Waals surface area contributed by atoms with Crippen LogP contribution in [0.15, 0.2) is 46.1 Å². The van der Waals surface area contributed by atoms with Crippen LogP contribution in [0, 0.1) is 0 Å². The number of amides is 1. The summed E-state index contributed by atoms with van der Waals surface area (Å²) in [6.07, 6.45) is 1.15. The van der Waals surface area contributed by atoms with Crippen molar-refractivity contribution in [1.29, 1.82) is 0 Å². The van der Waals surface area contributed by atoms with Crippen molar-refractivity contribution in [2.45, 2.75) is 6.54 Å². The number of carbonyl (C=O) groups excluding carboxylic acids is 2. The van der Waals surface area contributed by atoms with E-state index in [9.17, 15) is 9.59 Å². The monoisotopic (exact) mass is 345 g/mol. The van der Waals surface area contributed by atoms with Crippen molar-refractivity contribution in [2.75, 3.05) is 7.11 Å². The maximum atomic E-state index is 12.1. The van der Waals surface area contributed by atoms with Crippen molar-refractivity contribution >= 4 is 46.7 Å². The van der Waals surface area contributed by atoms with E-state index >= 15 is 0 Å². The lowest BCUT2D eigenvalue weighted by Crippen LogP contribution is -2.25. The smallest absolute Gasteiger partial charge is 0.340 e. The molecule has 0 saturated heterocycles. The lowest BCUT2D eigenvalue weighted by atomic mass is 10.2. The number of esters is 1. The van der Waals surface area contributed by atoms with Gasteiger partial charge >= 0.3 is 5.97 Å². The summed E-state index contributed by atoms with van der Waals surface area (Å²) in [6.45, 7) is 0.214. The summed E-state index contributed by atoms with van der Waals surface area (Å²) in [4.78, 5) is 25.0. The molecule has 0 spiro atoms. The van der Waals surface area contributed by atoms with Gasteiger partial charge in [-0.25, -0.2) is 4.79 Å². The van der Waals surface area contributed by atoms with Gasteiger partial charge in [0.25, 0.3) is 5.91 Å². The first-order chi connectivity index (χ1) is 9.93. The SMILES string of the molecule is COC(=O)C1=CC(=O)N(Cc2ccc(Cl)cc2)C1=C(Cl)Cl. The van der Waals surface area contributed by atoms with E-state index in [0.29, 0.717) is 5.02 Å². The van der Waals surface area contributed by atoms with Crippen molar-refractivity contribution in [1.82, 2.24) is 4.90 Å². The number of carbonyl (C=O) groups is 2. The first-order valence-corrected chi connectivity index (χ1v) is 6.99. The molecule has 21 heavy (non-hydrogen) atoms. The second-order valence-electron chi connectivity index (χ2n) is 4.21. The topological polar surface area (TPSA) is 46.6 Å². The van der Waals surface area contributed by atoms with Crippen molar-refractivity contribution < 1.29 is 14.3 Å². The van der Waals surface area contributed by atoms with Crippen LogP contribution in [0.1, 0.15) is 5.56 Å². The van der Waals surface area contributed by atoms with E-state index in [2.05, 4.69) is 4.74 Å². The number of hydrogen-bond acceptors (Lipinski definition) is 3. The van der Waals surface area contributed by atoms with E-state index < -0.39 is 5.97 Å². The van der Waals surface area contributed by atoms with E-state index in [-0.39, 0.29) is 28.2 Å². The Morgan fingerprint density at radius 1 is 1.24 bits per heavy atom. The molecule has 0 N–H and O–H groups in total. The molecule has 1 aromatic rings. The van der Waals surface area contributed by atoms with Crippen LogP contribution in [0.4, 0.5) is 0 Å². The third-order valence-electron chi connectivity index (χ3n) is 2.90. The van der Waals surface area contributed by atoms with Crippen LogP contribution in [-0.2, 0) is 20.9 Å². The summed E-state index contributed by atoms with van der Waals surface area (Å²) in [7, 11) is 1.22. The highest BCUT2D eigenvalue weighted by atomic mass is 35.5. The summed E-state index contributed by atoms with van der Waals surface area (Å²) in [5.74, 6) is -1.06. The van der Waals surface area contributed by atoms with Gasteiger partial charge in [-0.05, 0) is 17.7 Å². The molecule has 1 heterocycles. The van der Waals surface area contributed by atoms with Crippen molar-refractivity contribution in [3.8, 4) is 0 Å². The minimum absolute atomic E-state index is 0.0384. The Labute approximate surface area is 136 Å². The van der Waals surface area contributed by atoms with Gasteiger partial charge in [-0.3, -0.25) is 4.79 Å². The average molecular weight is 347 g/mol. The first-order valence-electron chi connectivity index (χ1n) is 5.85. The molecule has 1 aliphatic heterocycles. The molecule has 0 aliphatic carbocycles. The van der Waals surface area contributed by atoms with Gasteiger partial charge in [0.05, 0.1) is 24.9 Å². The Hall–Kier alpha value is -1.49. The molecule has 0 bridgehead atoms. The van der Waals surface area contributed by atoms with Gasteiger partial charge < -0.3 is 9.64 Å². The number of hydrogen-bond donors (Lipinski definition) is 0. The molecule has 0 fully saturated rings. The second-order valence-corrected chi connectivity index (χ2v) is 5.60. The fourth-order valence-corrected chi connectivity index (χ4v) is 2.46. The van der Waals surface area contributed by atoms with Crippen molar-refractivity contribution in [3.05, 3.63) is 56.7 Å². The molecule has 1 aromatic carbocycles. The van der Waals surface area contributed by atoms with Crippen molar-refractivity contribution in [3.63, 3.8) is 0 Å². The molecular weight excluding hydrogens is 337 g/mol. The largest absolute Gasteiger partial charge is 0.465 e. The zero-order valence-corrected chi connectivity index (χ0v) is 13.2. The number of nitrogens with zero attached hydrogens (tertiary/aromatic N) is 1. The fourth-order valence-electron chi connectivity index (χ4n) is 1.92. The normalized spacial score (nSPS) is 14.3. The quantitative estimate of drug-likeness (QED) is 0.788. The first kappa shape index (κ1) is 15.9. The van der Waals surface area contributed by atoms with Gasteiger partial charge in [0.2, 0.25) is 0 Å². The van der Waals surface area contributed by atoms with Crippen LogP contribution in [0.25, 0.3) is 0 Å². The standard InChI is InChI=1S/C14H10Cl3NO3/c1-21-14(20)10-6-11(19)18(12(10)13(16)17)7-8-2-4-9(15)5-3-8/h2-6H,7H2,1H3. The molecule has 110 valence electrons. The van der Waals surface area contributed by atoms with E-state index in [4.69, 9.17) is 34.8 Å². The predicted molar refractivity (Wildman–Crippen MR) is 80.8 cm³/mol. The van der Waals surface area contributed by atoms with Gasteiger partial charge in [-0.2, -0.15) is 0 Å². The molecule has 7 heteroatoms. The minimum Gasteiger partial charge on any atom is -0.465 e. The van der Waals surface area contributed by atoms with Gasteiger partial charge in [0.15, 0.2) is 0 Å². The average Bonchev–Trinajstić information content (AvgIpc) is 2.78. The molecule has 4 nitrogen and oxygen atoms in total. The van der Waals surface area contributed by atoms with Crippen LogP contribution in [-0.4, -0.2) is 23.9 Å². The van der Waals surface area contributed by atoms with Crippen LogP contribution in [0.5, 0.6) is 0 Å². The Morgan fingerprint density at radius 2 is 1.86 bits per heavy atom. The Kier molecular flexibility index (Phi) is 4.93. The summed E-state index contributed by atoms with van der Waals surface area (Å²) in [5, 5.41) is 0.589. The number of rotatable bonds is 3. The second kappa shape index (κ2) is 6.52. The maximum Gasteiger partial charge on any atom is 0.340 e. The highest BCUT2D eigenvalue weighted by Gasteiger charge is 2.34. The minimum atomic E-state index is -0.671. The molecule has 0 radical (unpaired) electrons. The van der Waals surface area contributed by atoms with E-state index in [1.54, 1.807) is 24.3 Å². The summed E-state index contributed by atoms with van der Waals surface area (Å²) in [6, 6.07) is 6.95. The van der Waals surface area contributed by atoms with E-state index in [0.717, 1.165) is 11.6 Å². The zero-order valence-electron chi connectivity index (χ0n) is 10.9. The molecule has 2 rings (SSSR count). The lowest BCUT2D eigenvalue weighted by Gasteiger charge is -2.19. The van der Waals surface area contributed by atoms with Crippen LogP contribution >= 0.6 is 34.8 Å². The molecule has 1 amide bonds. The summed E-state index contributed by atoms with van der Waals surface area (Å²) in [5.41, 5.74) is 1.00. The molecule has 0 saturated carbocycles. The maximum absolute atomic E-state index is 12.1. The van der Waals surface area contributed by atoms with Gasteiger partial charge in [0, 0.05) is 11.1 Å². The Bertz CT molecular complexity index is 646. The van der Waals surface area contributed by atoms with Gasteiger partial charge in [0.1, 0.15) is 4.49 Å². The summed E-state index contributed by atoms with van der Waals surface area (Å²) < 4.78 is 4.45. The van der Waals surface area contributed by atoms with Crippen LogP contribution in [0.3, 0.4) is 0 Å². The number of ether oxygens (including phenoxy) is 1. The third-order valence-corrected chi connectivity index (χ3v) is 3.51. The highest BCUT2D eigenvalue weighted by molar-refractivity contribution is 6.56. The number of benzene rings is 1. The molecule has 0 unspecified atom stereocenters. The molecule has 0 aromatic heterocycles. The van der Waals surface area contributed by atoms with Crippen molar-refractivity contribution in [2.24, 2.45) is 0 Å².